The first-order chi connectivity index (χ1) is 10.8. The molecule has 0 bridgehead atoms. The molecule has 124 valence electrons. The molecule has 0 aliphatic carbocycles. The minimum atomic E-state index is -4.06. The van der Waals surface area contributed by atoms with Crippen LogP contribution in [0, 0.1) is 5.82 Å². The fourth-order valence-corrected chi connectivity index (χ4v) is 3.14. The Morgan fingerprint density at radius 2 is 2.13 bits per heavy atom. The van der Waals surface area contributed by atoms with Crippen LogP contribution in [-0.2, 0) is 14.8 Å². The fraction of sp³-hybridized carbons (Fsp3) is 0.286. The quantitative estimate of drug-likeness (QED) is 0.795. The van der Waals surface area contributed by atoms with Crippen LogP contribution in [0.25, 0.3) is 5.69 Å². The Morgan fingerprint density at radius 3 is 2.74 bits per heavy atom. The van der Waals surface area contributed by atoms with Crippen molar-refractivity contribution in [1.29, 1.82) is 0 Å². The van der Waals surface area contributed by atoms with E-state index in [9.17, 15) is 17.6 Å². The number of carboxylic acid groups (broad SMARTS) is 1. The lowest BCUT2D eigenvalue weighted by Gasteiger charge is -2.12. The zero-order valence-corrected chi connectivity index (χ0v) is 13.1. The third-order valence-corrected chi connectivity index (χ3v) is 4.57. The van der Waals surface area contributed by atoms with Crippen LogP contribution in [0.3, 0.4) is 0 Å². The molecule has 0 aliphatic rings. The number of nitrogens with one attached hydrogen (secondary N) is 1. The molecule has 1 aromatic heterocycles. The Labute approximate surface area is 132 Å². The largest absolute Gasteiger partial charge is 0.480 e. The number of hydrogen-bond donors (Lipinski definition) is 2. The molecule has 0 saturated carbocycles. The summed E-state index contributed by atoms with van der Waals surface area (Å²) in [4.78, 5) is 10.8. The molecule has 0 saturated heterocycles. The molecular formula is C14H16FN3O4S. The van der Waals surface area contributed by atoms with Gasteiger partial charge in [-0.1, -0.05) is 25.5 Å². The van der Waals surface area contributed by atoms with Crippen molar-refractivity contribution >= 4 is 16.0 Å². The normalized spacial score (nSPS) is 13.0. The molecule has 2 N–H and O–H groups in total. The second kappa shape index (κ2) is 6.88. The highest BCUT2D eigenvalue weighted by Crippen LogP contribution is 2.15. The fourth-order valence-electron chi connectivity index (χ4n) is 1.99. The Kier molecular flexibility index (Phi) is 5.12. The first-order valence-electron chi connectivity index (χ1n) is 6.90. The van der Waals surface area contributed by atoms with Crippen LogP contribution in [0.2, 0.25) is 0 Å². The summed E-state index contributed by atoms with van der Waals surface area (Å²) in [6, 6.07) is 4.55. The van der Waals surface area contributed by atoms with Crippen LogP contribution in [0.15, 0.2) is 41.6 Å². The second-order valence-corrected chi connectivity index (χ2v) is 6.59. The Bertz CT molecular complexity index is 804. The van der Waals surface area contributed by atoms with Crippen LogP contribution >= 0.6 is 0 Å². The summed E-state index contributed by atoms with van der Waals surface area (Å²) in [7, 11) is -4.06. The molecule has 0 spiro atoms. The maximum Gasteiger partial charge on any atom is 0.321 e. The highest BCUT2D eigenvalue weighted by atomic mass is 32.2. The third kappa shape index (κ3) is 3.93. The number of benzene rings is 1. The Hall–Kier alpha value is -2.26. The summed E-state index contributed by atoms with van der Waals surface area (Å²) in [6.07, 6.45) is 2.84. The zero-order valence-electron chi connectivity index (χ0n) is 12.3. The lowest BCUT2D eigenvalue weighted by Crippen LogP contribution is -2.40. The van der Waals surface area contributed by atoms with E-state index in [2.05, 4.69) is 9.82 Å². The molecule has 23 heavy (non-hydrogen) atoms. The minimum Gasteiger partial charge on any atom is -0.480 e. The van der Waals surface area contributed by atoms with Crippen molar-refractivity contribution in [3.05, 3.63) is 42.5 Å². The van der Waals surface area contributed by atoms with Crippen LogP contribution < -0.4 is 4.72 Å². The third-order valence-electron chi connectivity index (χ3n) is 3.14. The standard InChI is InChI=1S/C14H16FN3O4S/c1-2-5-12(14(19)20)17-23(21,22)10-8-16-18(9-10)13-7-4-3-6-11(13)15/h3-4,6-9,12,17H,2,5H2,1H3,(H,19,20). The van der Waals surface area contributed by atoms with Gasteiger partial charge >= 0.3 is 5.97 Å². The molecule has 1 aromatic carbocycles. The summed E-state index contributed by atoms with van der Waals surface area (Å²) in [5.41, 5.74) is 0.0947. The summed E-state index contributed by atoms with van der Waals surface area (Å²) < 4.78 is 41.4. The number of sulfonamides is 1. The molecule has 0 amide bonds. The van der Waals surface area contributed by atoms with Crippen molar-refractivity contribution < 1.29 is 22.7 Å². The summed E-state index contributed by atoms with van der Waals surface area (Å²) >= 11 is 0. The summed E-state index contributed by atoms with van der Waals surface area (Å²) in [5, 5.41) is 12.9. The van der Waals surface area contributed by atoms with Gasteiger partial charge in [0.25, 0.3) is 0 Å². The van der Waals surface area contributed by atoms with Gasteiger partial charge in [-0.2, -0.15) is 9.82 Å². The van der Waals surface area contributed by atoms with Crippen molar-refractivity contribution in [1.82, 2.24) is 14.5 Å². The van der Waals surface area contributed by atoms with Gasteiger partial charge in [0, 0.05) is 0 Å². The van der Waals surface area contributed by atoms with Crippen molar-refractivity contribution in [2.45, 2.75) is 30.7 Å². The number of hydrogen-bond acceptors (Lipinski definition) is 4. The molecule has 0 fully saturated rings. The number of aromatic nitrogens is 2. The highest BCUT2D eigenvalue weighted by molar-refractivity contribution is 7.89. The van der Waals surface area contributed by atoms with Gasteiger partial charge in [-0.3, -0.25) is 4.79 Å². The van der Waals surface area contributed by atoms with E-state index in [4.69, 9.17) is 5.11 Å². The molecule has 9 heteroatoms. The smallest absolute Gasteiger partial charge is 0.321 e. The van der Waals surface area contributed by atoms with Crippen LogP contribution in [0.5, 0.6) is 0 Å². The number of carboxylic acids is 1. The highest BCUT2D eigenvalue weighted by Gasteiger charge is 2.26. The first kappa shape index (κ1) is 17.1. The summed E-state index contributed by atoms with van der Waals surface area (Å²) in [5.74, 6) is -1.81. The minimum absolute atomic E-state index is 0.0947. The predicted octanol–water partition coefficient (Wildman–Crippen LogP) is 1.54. The molecule has 2 aromatic rings. The van der Waals surface area contributed by atoms with Crippen LogP contribution in [0.1, 0.15) is 19.8 Å². The Morgan fingerprint density at radius 1 is 1.43 bits per heavy atom. The monoisotopic (exact) mass is 341 g/mol. The van der Waals surface area contributed by atoms with Gasteiger partial charge in [0.2, 0.25) is 10.0 Å². The number of para-hydroxylation sites is 1. The lowest BCUT2D eigenvalue weighted by atomic mass is 10.2. The van der Waals surface area contributed by atoms with Crippen molar-refractivity contribution in [3.63, 3.8) is 0 Å². The van der Waals surface area contributed by atoms with Gasteiger partial charge in [-0.25, -0.2) is 17.5 Å². The maximum absolute atomic E-state index is 13.7. The van der Waals surface area contributed by atoms with E-state index < -0.39 is 27.9 Å². The van der Waals surface area contributed by atoms with Gasteiger partial charge in [-0.15, -0.1) is 0 Å². The molecular weight excluding hydrogens is 325 g/mol. The van der Waals surface area contributed by atoms with Gasteiger partial charge in [0.1, 0.15) is 22.4 Å². The average Bonchev–Trinajstić information content (AvgIpc) is 2.97. The summed E-state index contributed by atoms with van der Waals surface area (Å²) in [6.45, 7) is 1.75. The average molecular weight is 341 g/mol. The van der Waals surface area contributed by atoms with Gasteiger partial charge in [0.15, 0.2) is 0 Å². The second-order valence-electron chi connectivity index (χ2n) is 4.87. The number of rotatable bonds is 7. The van der Waals surface area contributed by atoms with Crippen molar-refractivity contribution in [3.8, 4) is 5.69 Å². The molecule has 0 aliphatic heterocycles. The number of aliphatic carboxylic acids is 1. The predicted molar refractivity (Wildman–Crippen MR) is 80.2 cm³/mol. The van der Waals surface area contributed by atoms with E-state index >= 15 is 0 Å². The van der Waals surface area contributed by atoms with E-state index in [1.165, 1.54) is 18.2 Å². The van der Waals surface area contributed by atoms with Gasteiger partial charge in [0.05, 0.1) is 12.4 Å². The number of carbonyl (C=O) groups is 1. The zero-order chi connectivity index (χ0) is 17.0. The molecule has 2 rings (SSSR count). The van der Waals surface area contributed by atoms with Crippen LogP contribution in [0.4, 0.5) is 4.39 Å². The molecule has 7 nitrogen and oxygen atoms in total. The van der Waals surface area contributed by atoms with Crippen molar-refractivity contribution in [2.75, 3.05) is 0 Å². The Balaban J connectivity index is 2.28. The van der Waals surface area contributed by atoms with E-state index in [1.54, 1.807) is 13.0 Å². The number of nitrogens with zero attached hydrogens (tertiary/aromatic N) is 2. The first-order valence-corrected chi connectivity index (χ1v) is 8.38. The van der Waals surface area contributed by atoms with Gasteiger partial charge in [-0.05, 0) is 18.6 Å². The van der Waals surface area contributed by atoms with E-state index in [0.717, 1.165) is 17.1 Å². The van der Waals surface area contributed by atoms with Crippen molar-refractivity contribution in [2.24, 2.45) is 0 Å². The molecule has 0 radical (unpaired) electrons. The maximum atomic E-state index is 13.7. The molecule has 1 atom stereocenters. The molecule has 1 unspecified atom stereocenters. The van der Waals surface area contributed by atoms with Gasteiger partial charge < -0.3 is 5.11 Å². The topological polar surface area (TPSA) is 101 Å². The molecule has 1 heterocycles. The van der Waals surface area contributed by atoms with Crippen LogP contribution in [-0.4, -0.2) is 35.3 Å². The van der Waals surface area contributed by atoms with E-state index in [-0.39, 0.29) is 17.0 Å². The van der Waals surface area contributed by atoms with E-state index in [0.29, 0.717) is 6.42 Å². The number of halogens is 1. The van der Waals surface area contributed by atoms with E-state index in [1.807, 2.05) is 0 Å². The SMILES string of the molecule is CCCC(NS(=O)(=O)c1cnn(-c2ccccc2F)c1)C(=O)O. The lowest BCUT2D eigenvalue weighted by molar-refractivity contribution is -0.139.